The number of hydrogen-bond donors (Lipinski definition) is 2. The zero-order valence-corrected chi connectivity index (χ0v) is 16.8. The first-order valence-corrected chi connectivity index (χ1v) is 10.8. The number of hydrogen-bond acceptors (Lipinski definition) is 5. The molecule has 1 aliphatic heterocycles. The lowest BCUT2D eigenvalue weighted by atomic mass is 10.2. The van der Waals surface area contributed by atoms with Crippen molar-refractivity contribution in [2.75, 3.05) is 17.9 Å². The van der Waals surface area contributed by atoms with E-state index in [1.807, 2.05) is 24.3 Å². The van der Waals surface area contributed by atoms with Gasteiger partial charge < -0.3 is 14.8 Å². The van der Waals surface area contributed by atoms with E-state index in [1.165, 1.54) is 24.3 Å². The molecule has 0 unspecified atom stereocenters. The third-order valence-electron chi connectivity index (χ3n) is 4.51. The number of carbonyl (C=O) groups excluding carboxylic acids is 1. The summed E-state index contributed by atoms with van der Waals surface area (Å²) in [4.78, 5) is 12.5. The molecule has 0 aromatic heterocycles. The fraction of sp³-hybridized carbons (Fsp3) is 0.136. The lowest BCUT2D eigenvalue weighted by Gasteiger charge is -2.26. The summed E-state index contributed by atoms with van der Waals surface area (Å²) in [6.07, 6.45) is -0.307. The summed E-state index contributed by atoms with van der Waals surface area (Å²) < 4.78 is 38.9. The molecule has 3 aromatic rings. The second-order valence-electron chi connectivity index (χ2n) is 6.70. The van der Waals surface area contributed by atoms with Gasteiger partial charge in [-0.15, -0.1) is 0 Å². The van der Waals surface area contributed by atoms with E-state index in [-0.39, 0.29) is 23.5 Å². The third kappa shape index (κ3) is 4.55. The first-order valence-electron chi connectivity index (χ1n) is 9.36. The van der Waals surface area contributed by atoms with Gasteiger partial charge in [0.05, 0.1) is 11.4 Å². The number of benzene rings is 3. The van der Waals surface area contributed by atoms with Crippen molar-refractivity contribution in [3.05, 3.63) is 84.4 Å². The second kappa shape index (κ2) is 8.46. The van der Waals surface area contributed by atoms with Gasteiger partial charge in [0.1, 0.15) is 12.7 Å². The number of sulfonamides is 1. The minimum absolute atomic E-state index is 0.0727. The van der Waals surface area contributed by atoms with Gasteiger partial charge in [-0.3, -0.25) is 9.52 Å². The van der Waals surface area contributed by atoms with E-state index in [0.717, 1.165) is 0 Å². The van der Waals surface area contributed by atoms with Crippen molar-refractivity contribution in [1.29, 1.82) is 0 Å². The van der Waals surface area contributed by atoms with Crippen LogP contribution >= 0.6 is 0 Å². The maximum absolute atomic E-state index is 12.5. The first kappa shape index (κ1) is 19.8. The molecule has 1 amide bonds. The van der Waals surface area contributed by atoms with Crippen LogP contribution < -0.4 is 19.5 Å². The van der Waals surface area contributed by atoms with Gasteiger partial charge in [0, 0.05) is 11.3 Å². The zero-order valence-electron chi connectivity index (χ0n) is 15.9. The number of para-hydroxylation sites is 3. The van der Waals surface area contributed by atoms with Gasteiger partial charge in [0.2, 0.25) is 0 Å². The fourth-order valence-corrected chi connectivity index (χ4v) is 4.04. The molecule has 0 saturated carbocycles. The van der Waals surface area contributed by atoms with Crippen LogP contribution in [0.5, 0.6) is 11.5 Å². The Hall–Kier alpha value is -3.52. The molecule has 0 aliphatic carbocycles. The van der Waals surface area contributed by atoms with Crippen LogP contribution in [0.2, 0.25) is 0 Å². The summed E-state index contributed by atoms with van der Waals surface area (Å²) in [6.45, 7) is 0.600. The van der Waals surface area contributed by atoms with Gasteiger partial charge in [0.15, 0.2) is 11.5 Å². The molecule has 1 heterocycles. The number of carbonyl (C=O) groups is 1. The molecule has 30 heavy (non-hydrogen) atoms. The largest absolute Gasteiger partial charge is 0.486 e. The number of anilines is 1. The molecular weight excluding hydrogens is 404 g/mol. The van der Waals surface area contributed by atoms with E-state index < -0.39 is 10.0 Å². The Kier molecular flexibility index (Phi) is 5.58. The number of amides is 1. The summed E-state index contributed by atoms with van der Waals surface area (Å²) in [5, 5.41) is 2.79. The second-order valence-corrected chi connectivity index (χ2v) is 8.39. The molecule has 3 aromatic carbocycles. The van der Waals surface area contributed by atoms with Crippen molar-refractivity contribution < 1.29 is 22.7 Å². The Labute approximate surface area is 174 Å². The molecule has 0 spiro atoms. The molecule has 1 aliphatic rings. The minimum Gasteiger partial charge on any atom is -0.486 e. The summed E-state index contributed by atoms with van der Waals surface area (Å²) in [6, 6.07) is 21.7. The third-order valence-corrected chi connectivity index (χ3v) is 5.91. The lowest BCUT2D eigenvalue weighted by molar-refractivity contribution is 0.0789. The highest BCUT2D eigenvalue weighted by atomic mass is 32.2. The smallest absolute Gasteiger partial charge is 0.261 e. The number of nitrogens with one attached hydrogen (secondary N) is 2. The van der Waals surface area contributed by atoms with Crippen LogP contribution in [0.3, 0.4) is 0 Å². The normalized spacial score (nSPS) is 15.3. The predicted octanol–water partition coefficient (Wildman–Crippen LogP) is 3.06. The van der Waals surface area contributed by atoms with E-state index >= 15 is 0 Å². The molecular formula is C22H20N2O5S. The summed E-state index contributed by atoms with van der Waals surface area (Å²) >= 11 is 0. The summed E-state index contributed by atoms with van der Waals surface area (Å²) in [5.41, 5.74) is 0.821. The van der Waals surface area contributed by atoms with Gasteiger partial charge in [-0.25, -0.2) is 8.42 Å². The number of rotatable bonds is 6. The van der Waals surface area contributed by atoms with Crippen LogP contribution in [0.4, 0.5) is 5.69 Å². The quantitative estimate of drug-likeness (QED) is 0.634. The lowest BCUT2D eigenvalue weighted by Crippen LogP contribution is -2.40. The predicted molar refractivity (Wildman–Crippen MR) is 112 cm³/mol. The molecule has 0 radical (unpaired) electrons. The molecule has 154 valence electrons. The molecule has 7 nitrogen and oxygen atoms in total. The van der Waals surface area contributed by atoms with Gasteiger partial charge in [-0.2, -0.15) is 0 Å². The van der Waals surface area contributed by atoms with Crippen LogP contribution in [-0.4, -0.2) is 33.6 Å². The zero-order chi connectivity index (χ0) is 21.0. The molecule has 0 fully saturated rings. The average Bonchev–Trinajstić information content (AvgIpc) is 2.78. The summed E-state index contributed by atoms with van der Waals surface area (Å²) in [5.74, 6) is 1.00. The maximum Gasteiger partial charge on any atom is 0.261 e. The van der Waals surface area contributed by atoms with Crippen molar-refractivity contribution >= 4 is 21.6 Å². The maximum atomic E-state index is 12.5. The molecule has 2 N–H and O–H groups in total. The first-order chi connectivity index (χ1) is 14.5. The van der Waals surface area contributed by atoms with E-state index in [1.54, 1.807) is 30.3 Å². The van der Waals surface area contributed by atoms with E-state index in [4.69, 9.17) is 9.47 Å². The Morgan fingerprint density at radius 2 is 1.57 bits per heavy atom. The van der Waals surface area contributed by atoms with Crippen molar-refractivity contribution in [1.82, 2.24) is 5.32 Å². The highest BCUT2D eigenvalue weighted by Gasteiger charge is 2.21. The Morgan fingerprint density at radius 3 is 2.30 bits per heavy atom. The van der Waals surface area contributed by atoms with Gasteiger partial charge >= 0.3 is 0 Å². The monoisotopic (exact) mass is 424 g/mol. The number of ether oxygens (including phenoxy) is 2. The Morgan fingerprint density at radius 1 is 0.900 bits per heavy atom. The van der Waals surface area contributed by atoms with E-state index in [9.17, 15) is 13.2 Å². The van der Waals surface area contributed by atoms with Crippen molar-refractivity contribution in [2.24, 2.45) is 0 Å². The van der Waals surface area contributed by atoms with Crippen LogP contribution in [0.1, 0.15) is 10.4 Å². The molecule has 1 atom stereocenters. The van der Waals surface area contributed by atoms with Gasteiger partial charge in [0.25, 0.3) is 15.9 Å². The standard InChI is InChI=1S/C22H20N2O5S/c25-22(23-14-18-15-28-20-8-4-5-9-21(20)29-18)16-10-12-19(13-11-16)30(26,27)24-17-6-2-1-3-7-17/h1-13,18,24H,14-15H2,(H,23,25)/t18-/m0/s1. The molecule has 4 rings (SSSR count). The minimum atomic E-state index is -3.73. The van der Waals surface area contributed by atoms with E-state index in [0.29, 0.717) is 29.4 Å². The Balaban J connectivity index is 1.35. The van der Waals surface area contributed by atoms with Crippen molar-refractivity contribution in [3.8, 4) is 11.5 Å². The number of fused-ring (bicyclic) bond motifs is 1. The van der Waals surface area contributed by atoms with Crippen LogP contribution in [0.15, 0.2) is 83.8 Å². The Bertz CT molecular complexity index is 1130. The van der Waals surface area contributed by atoms with Crippen molar-refractivity contribution in [2.45, 2.75) is 11.0 Å². The fourth-order valence-electron chi connectivity index (χ4n) is 2.98. The van der Waals surface area contributed by atoms with Gasteiger partial charge in [-0.1, -0.05) is 30.3 Å². The summed E-state index contributed by atoms with van der Waals surface area (Å²) in [7, 11) is -3.73. The van der Waals surface area contributed by atoms with E-state index in [2.05, 4.69) is 10.0 Å². The van der Waals surface area contributed by atoms with Crippen LogP contribution in [0, 0.1) is 0 Å². The average molecular weight is 424 g/mol. The molecule has 0 saturated heterocycles. The SMILES string of the molecule is O=C(NC[C@H]1COc2ccccc2O1)c1ccc(S(=O)(=O)Nc2ccccc2)cc1. The van der Waals surface area contributed by atoms with Gasteiger partial charge in [-0.05, 0) is 48.5 Å². The van der Waals surface area contributed by atoms with Crippen LogP contribution in [-0.2, 0) is 10.0 Å². The highest BCUT2D eigenvalue weighted by molar-refractivity contribution is 7.92. The molecule has 0 bridgehead atoms. The van der Waals surface area contributed by atoms with Crippen LogP contribution in [0.25, 0.3) is 0 Å². The molecule has 8 heteroatoms. The van der Waals surface area contributed by atoms with Crippen molar-refractivity contribution in [3.63, 3.8) is 0 Å². The highest BCUT2D eigenvalue weighted by Crippen LogP contribution is 2.30. The topological polar surface area (TPSA) is 93.7 Å².